The van der Waals surface area contributed by atoms with E-state index in [0.717, 1.165) is 36.0 Å². The van der Waals surface area contributed by atoms with Crippen molar-refractivity contribution in [3.8, 4) is 0 Å². The molecule has 0 spiro atoms. The summed E-state index contributed by atoms with van der Waals surface area (Å²) in [7, 11) is -3.82. The fraction of sp³-hybridized carbons (Fsp3) is 0.261. The lowest BCUT2D eigenvalue weighted by Crippen LogP contribution is -2.23. The molecular formula is C23H23N3O5S. The van der Waals surface area contributed by atoms with Crippen molar-refractivity contribution in [2.45, 2.75) is 31.1 Å². The predicted octanol–water partition coefficient (Wildman–Crippen LogP) is 2.80. The molecule has 1 heterocycles. The number of anilines is 1. The van der Waals surface area contributed by atoms with E-state index in [1.807, 2.05) is 24.3 Å². The number of nitrogens with one attached hydrogen (secondary N) is 1. The molecule has 0 radical (unpaired) electrons. The number of nitrogens with zero attached hydrogens (tertiary/aromatic N) is 1. The van der Waals surface area contributed by atoms with Crippen LogP contribution in [0.1, 0.15) is 35.0 Å². The highest BCUT2D eigenvalue weighted by atomic mass is 32.2. The Bertz CT molecular complexity index is 1300. The van der Waals surface area contributed by atoms with Crippen LogP contribution in [0.25, 0.3) is 10.9 Å². The van der Waals surface area contributed by atoms with Gasteiger partial charge < -0.3 is 10.1 Å². The summed E-state index contributed by atoms with van der Waals surface area (Å²) < 4.78 is 28.0. The third-order valence-corrected chi connectivity index (χ3v) is 6.44. The minimum Gasteiger partial charge on any atom is -0.452 e. The molecule has 0 bridgehead atoms. The number of ether oxygens (including phenoxy) is 1. The summed E-state index contributed by atoms with van der Waals surface area (Å²) in [6.07, 6.45) is 2.55. The zero-order valence-corrected chi connectivity index (χ0v) is 18.3. The summed E-state index contributed by atoms with van der Waals surface area (Å²) in [5.41, 5.74) is 3.37. The van der Waals surface area contributed by atoms with Crippen LogP contribution in [-0.2, 0) is 32.4 Å². The molecule has 0 saturated carbocycles. The van der Waals surface area contributed by atoms with E-state index in [4.69, 9.17) is 14.9 Å². The number of primary sulfonamides is 1. The van der Waals surface area contributed by atoms with Crippen LogP contribution >= 0.6 is 0 Å². The number of carbonyl (C=O) groups is 2. The number of amides is 1. The van der Waals surface area contributed by atoms with Crippen LogP contribution in [0.15, 0.2) is 53.4 Å². The normalized spacial score (nSPS) is 15.8. The summed E-state index contributed by atoms with van der Waals surface area (Å²) >= 11 is 0. The highest BCUT2D eigenvalue weighted by Crippen LogP contribution is 2.32. The number of hydrogen-bond acceptors (Lipinski definition) is 6. The van der Waals surface area contributed by atoms with Gasteiger partial charge in [-0.15, -0.1) is 0 Å². The number of nitrogens with two attached hydrogens (primary N) is 1. The molecule has 0 fully saturated rings. The van der Waals surface area contributed by atoms with Gasteiger partial charge in [-0.05, 0) is 61.1 Å². The monoisotopic (exact) mass is 453 g/mol. The Morgan fingerprint density at radius 3 is 2.59 bits per heavy atom. The zero-order valence-electron chi connectivity index (χ0n) is 17.5. The molecule has 0 unspecified atom stereocenters. The smallest absolute Gasteiger partial charge is 0.339 e. The third kappa shape index (κ3) is 4.63. The molecule has 166 valence electrons. The Kier molecular flexibility index (Phi) is 5.94. The van der Waals surface area contributed by atoms with E-state index in [2.05, 4.69) is 12.2 Å². The summed E-state index contributed by atoms with van der Waals surface area (Å²) in [6, 6.07) is 12.8. The number of aromatic nitrogens is 1. The van der Waals surface area contributed by atoms with E-state index in [1.54, 1.807) is 0 Å². The lowest BCUT2D eigenvalue weighted by molar-refractivity contribution is -0.119. The van der Waals surface area contributed by atoms with Crippen molar-refractivity contribution in [3.05, 3.63) is 65.4 Å². The molecule has 8 nitrogen and oxygen atoms in total. The number of benzene rings is 2. The Morgan fingerprint density at radius 2 is 1.88 bits per heavy atom. The average Bonchev–Trinajstić information content (AvgIpc) is 2.75. The first-order valence-electron chi connectivity index (χ1n) is 10.2. The minimum atomic E-state index is -3.82. The van der Waals surface area contributed by atoms with Gasteiger partial charge in [0.2, 0.25) is 10.0 Å². The second-order valence-corrected chi connectivity index (χ2v) is 9.53. The van der Waals surface area contributed by atoms with Crippen molar-refractivity contribution in [1.82, 2.24) is 4.98 Å². The molecule has 32 heavy (non-hydrogen) atoms. The van der Waals surface area contributed by atoms with E-state index in [1.165, 1.54) is 24.3 Å². The second kappa shape index (κ2) is 8.68. The first-order chi connectivity index (χ1) is 15.2. The molecule has 0 saturated heterocycles. The van der Waals surface area contributed by atoms with Gasteiger partial charge in [0.1, 0.15) is 0 Å². The largest absolute Gasteiger partial charge is 0.452 e. The molecule has 3 aromatic rings. The van der Waals surface area contributed by atoms with Crippen molar-refractivity contribution >= 4 is 38.5 Å². The minimum absolute atomic E-state index is 0.0644. The third-order valence-electron chi connectivity index (χ3n) is 5.51. The Hall–Kier alpha value is -3.30. The van der Waals surface area contributed by atoms with Crippen LogP contribution in [-0.4, -0.2) is 31.9 Å². The predicted molar refractivity (Wildman–Crippen MR) is 120 cm³/mol. The molecule has 1 aliphatic carbocycles. The van der Waals surface area contributed by atoms with E-state index >= 15 is 0 Å². The van der Waals surface area contributed by atoms with E-state index < -0.39 is 28.5 Å². The number of rotatable bonds is 5. The van der Waals surface area contributed by atoms with Crippen molar-refractivity contribution in [1.29, 1.82) is 0 Å². The van der Waals surface area contributed by atoms with Crippen LogP contribution in [0.4, 0.5) is 5.69 Å². The summed E-state index contributed by atoms with van der Waals surface area (Å²) in [6.45, 7) is 1.67. The number of sulfonamides is 1. The number of hydrogen-bond donors (Lipinski definition) is 2. The number of aryl methyl sites for hydroxylation is 1. The molecular weight excluding hydrogens is 430 g/mol. The van der Waals surface area contributed by atoms with Crippen LogP contribution in [0.3, 0.4) is 0 Å². The van der Waals surface area contributed by atoms with Crippen LogP contribution in [0, 0.1) is 5.92 Å². The molecule has 9 heteroatoms. The molecule has 1 atom stereocenters. The van der Waals surface area contributed by atoms with Gasteiger partial charge in [0.15, 0.2) is 6.61 Å². The van der Waals surface area contributed by atoms with Crippen LogP contribution in [0.2, 0.25) is 0 Å². The molecule has 1 aliphatic rings. The maximum Gasteiger partial charge on any atom is 0.339 e. The van der Waals surface area contributed by atoms with Gasteiger partial charge >= 0.3 is 5.97 Å². The maximum absolute atomic E-state index is 13.0. The number of carbonyl (C=O) groups excluding carboxylic acids is 2. The van der Waals surface area contributed by atoms with Gasteiger partial charge in [-0.25, -0.2) is 18.4 Å². The number of pyridine rings is 1. The van der Waals surface area contributed by atoms with Crippen molar-refractivity contribution < 1.29 is 22.7 Å². The maximum atomic E-state index is 13.0. The topological polar surface area (TPSA) is 128 Å². The lowest BCUT2D eigenvalue weighted by Gasteiger charge is -2.24. The molecule has 0 aliphatic heterocycles. The van der Waals surface area contributed by atoms with Gasteiger partial charge in [0.05, 0.1) is 16.0 Å². The standard InChI is InChI=1S/C23H23N3O5S/c1-14-6-11-20-18(12-14)22(17-4-2-3-5-19(17)26-20)23(28)31-13-21(27)25-15-7-9-16(10-8-15)32(24,29)30/h2-5,7-10,14H,6,11-13H2,1H3,(H,25,27)(H2,24,29,30)/t14-/m0/s1. The van der Waals surface area contributed by atoms with E-state index in [9.17, 15) is 18.0 Å². The number of esters is 1. The Morgan fingerprint density at radius 1 is 1.16 bits per heavy atom. The zero-order chi connectivity index (χ0) is 22.9. The van der Waals surface area contributed by atoms with Crippen molar-refractivity contribution in [2.75, 3.05) is 11.9 Å². The summed E-state index contributed by atoms with van der Waals surface area (Å²) in [4.78, 5) is 30.0. The highest BCUT2D eigenvalue weighted by Gasteiger charge is 2.26. The van der Waals surface area contributed by atoms with Crippen LogP contribution < -0.4 is 10.5 Å². The van der Waals surface area contributed by atoms with Crippen molar-refractivity contribution in [2.24, 2.45) is 11.1 Å². The SMILES string of the molecule is C[C@H]1CCc2nc3ccccc3c(C(=O)OCC(=O)Nc3ccc(S(N)(=O)=O)cc3)c2C1. The van der Waals surface area contributed by atoms with Gasteiger partial charge in [-0.2, -0.15) is 0 Å². The van der Waals surface area contributed by atoms with Gasteiger partial charge in [0, 0.05) is 16.8 Å². The second-order valence-electron chi connectivity index (χ2n) is 7.97. The molecule has 1 aromatic heterocycles. The molecule has 1 amide bonds. The van der Waals surface area contributed by atoms with Gasteiger partial charge in [-0.1, -0.05) is 25.1 Å². The Balaban J connectivity index is 1.51. The Labute approximate surface area is 185 Å². The summed E-state index contributed by atoms with van der Waals surface area (Å²) in [5.74, 6) is -0.670. The fourth-order valence-electron chi connectivity index (χ4n) is 3.92. The summed E-state index contributed by atoms with van der Waals surface area (Å²) in [5, 5.41) is 8.35. The first kappa shape index (κ1) is 21.9. The van der Waals surface area contributed by atoms with Gasteiger partial charge in [-0.3, -0.25) is 9.78 Å². The molecule has 2 aromatic carbocycles. The van der Waals surface area contributed by atoms with Crippen molar-refractivity contribution in [3.63, 3.8) is 0 Å². The lowest BCUT2D eigenvalue weighted by atomic mass is 9.84. The molecule has 4 rings (SSSR count). The average molecular weight is 454 g/mol. The fourth-order valence-corrected chi connectivity index (χ4v) is 4.44. The van der Waals surface area contributed by atoms with Crippen LogP contribution in [0.5, 0.6) is 0 Å². The van der Waals surface area contributed by atoms with Gasteiger partial charge in [0.25, 0.3) is 5.91 Å². The number of para-hydroxylation sites is 1. The van der Waals surface area contributed by atoms with E-state index in [0.29, 0.717) is 22.6 Å². The number of fused-ring (bicyclic) bond motifs is 2. The first-order valence-corrected chi connectivity index (χ1v) is 11.8. The molecule has 3 N–H and O–H groups in total. The quantitative estimate of drug-likeness (QED) is 0.572. The van der Waals surface area contributed by atoms with E-state index in [-0.39, 0.29) is 4.90 Å². The highest BCUT2D eigenvalue weighted by molar-refractivity contribution is 7.89.